The van der Waals surface area contributed by atoms with E-state index in [1.807, 2.05) is 30.3 Å². The Morgan fingerprint density at radius 1 is 0.814 bits per heavy atom. The van der Waals surface area contributed by atoms with Crippen LogP contribution < -0.4 is 21.6 Å². The average molecular weight is 659 g/mol. The summed E-state index contributed by atoms with van der Waals surface area (Å²) in [6.07, 6.45) is 5.13. The smallest absolute Gasteiger partial charge is 0.250 e. The molecule has 6 heterocycles. The average Bonchev–Trinajstić information content (AvgIpc) is 3.80. The second-order valence-corrected chi connectivity index (χ2v) is 12.7. The molecule has 0 amide bonds. The molecule has 0 atom stereocenters. The number of methoxy groups -OCH3 is 1. The number of nitrogens with zero attached hydrogens (tertiary/aromatic N) is 2. The number of aryl methyl sites for hydroxylation is 4. The third kappa shape index (κ3) is 9.19. The summed E-state index contributed by atoms with van der Waals surface area (Å²) in [4.78, 5) is 29.1. The quantitative estimate of drug-likeness (QED) is 0.135. The van der Waals surface area contributed by atoms with Crippen LogP contribution in [0.15, 0.2) is 70.5 Å². The molecule has 6 aromatic rings. The predicted octanol–water partition coefficient (Wildman–Crippen LogP) is 6.64. The van der Waals surface area contributed by atoms with Gasteiger partial charge in [-0.1, -0.05) is 34.5 Å². The van der Waals surface area contributed by atoms with Gasteiger partial charge in [0, 0.05) is 51.3 Å². The van der Waals surface area contributed by atoms with Crippen LogP contribution in [-0.2, 0) is 12.8 Å². The third-order valence-electron chi connectivity index (χ3n) is 6.03. The normalized spacial score (nSPS) is 10.4. The number of aromatic amines is 4. The van der Waals surface area contributed by atoms with E-state index in [1.165, 1.54) is 16.2 Å². The van der Waals surface area contributed by atoms with E-state index in [0.29, 0.717) is 16.9 Å². The van der Waals surface area contributed by atoms with E-state index in [9.17, 15) is 9.59 Å². The molecule has 0 unspecified atom stereocenters. The van der Waals surface area contributed by atoms with E-state index >= 15 is 0 Å². The largest absolute Gasteiger partial charge is 0.487 e. The number of halogens is 2. The highest BCUT2D eigenvalue weighted by molar-refractivity contribution is 7.17. The van der Waals surface area contributed by atoms with Crippen LogP contribution in [-0.4, -0.2) is 37.5 Å². The number of hydrogen-bond acceptors (Lipinski definition) is 8. The standard InChI is InChI=1S/C15H14ClN3OS.C9H10N4O.C5H5ClOS/c1-9-6-10(8-17-15(9)20)13-7-11(18-19-13)2-3-12-4-5-14(16)21-12;1-5-2-6(4-11-9(5)14)7-3-8(10)13-12-7;1-7-5-3-2-4(6)8-5/h4-8H,2-3H2,1H3,(H,17,20)(H,18,19);2-4H,1H3,(H,11,14)(H3,10,12,13);2-3H,1H3. The third-order valence-corrected chi connectivity index (χ3v) is 8.52. The Balaban J connectivity index is 0.000000165. The number of pyridine rings is 2. The molecule has 0 aliphatic rings. The maximum absolute atomic E-state index is 11.4. The summed E-state index contributed by atoms with van der Waals surface area (Å²) in [5.41, 5.74) is 11.2. The molecule has 6 N–H and O–H groups in total. The molecule has 0 aliphatic carbocycles. The van der Waals surface area contributed by atoms with Crippen LogP contribution in [0.2, 0.25) is 8.67 Å². The lowest BCUT2D eigenvalue weighted by Gasteiger charge is -1.97. The van der Waals surface area contributed by atoms with Crippen LogP contribution in [0.1, 0.15) is 21.7 Å². The van der Waals surface area contributed by atoms with E-state index in [4.69, 9.17) is 33.7 Å². The summed E-state index contributed by atoms with van der Waals surface area (Å²) in [5, 5.41) is 14.8. The van der Waals surface area contributed by atoms with E-state index in [0.717, 1.165) is 54.8 Å². The Labute approximate surface area is 264 Å². The zero-order valence-corrected chi connectivity index (χ0v) is 26.6. The monoisotopic (exact) mass is 657 g/mol. The number of nitrogen functional groups attached to an aromatic ring is 1. The predicted molar refractivity (Wildman–Crippen MR) is 176 cm³/mol. The van der Waals surface area contributed by atoms with Crippen molar-refractivity contribution in [1.82, 2.24) is 30.4 Å². The van der Waals surface area contributed by atoms with Crippen molar-refractivity contribution in [2.45, 2.75) is 26.7 Å². The summed E-state index contributed by atoms with van der Waals surface area (Å²) in [5.74, 6) is 0.434. The highest BCUT2D eigenvalue weighted by atomic mass is 35.5. The van der Waals surface area contributed by atoms with Gasteiger partial charge in [-0.2, -0.15) is 10.2 Å². The molecule has 0 spiro atoms. The maximum Gasteiger partial charge on any atom is 0.250 e. The number of ether oxygens (including phenoxy) is 1. The minimum atomic E-state index is -0.0822. The van der Waals surface area contributed by atoms with Crippen molar-refractivity contribution in [1.29, 1.82) is 0 Å². The lowest BCUT2D eigenvalue weighted by atomic mass is 10.1. The van der Waals surface area contributed by atoms with Crippen LogP contribution in [0, 0.1) is 13.8 Å². The van der Waals surface area contributed by atoms with Gasteiger partial charge < -0.3 is 20.4 Å². The SMILES string of the molecule is COc1ccc(Cl)s1.Cc1cc(-c2cc(CCc3ccc(Cl)s3)[nH]n2)c[nH]c1=O.Cc1cc(-c2cc(N)n[nH]2)c[nH]c1=O. The summed E-state index contributed by atoms with van der Waals surface area (Å²) in [6.45, 7) is 3.54. The second-order valence-electron chi connectivity index (χ2n) is 9.25. The fourth-order valence-corrected chi connectivity index (χ4v) is 5.70. The first-order valence-corrected chi connectivity index (χ1v) is 15.3. The molecule has 0 saturated heterocycles. The number of nitrogens with two attached hydrogens (primary N) is 1. The van der Waals surface area contributed by atoms with E-state index in [-0.39, 0.29) is 11.1 Å². The van der Waals surface area contributed by atoms with Crippen LogP contribution in [0.4, 0.5) is 5.82 Å². The van der Waals surface area contributed by atoms with Crippen molar-refractivity contribution in [3.8, 4) is 27.6 Å². The van der Waals surface area contributed by atoms with E-state index < -0.39 is 0 Å². The minimum absolute atomic E-state index is 0.0657. The molecule has 0 radical (unpaired) electrons. The van der Waals surface area contributed by atoms with Crippen molar-refractivity contribution in [2.24, 2.45) is 0 Å². The molecule has 0 aliphatic heterocycles. The van der Waals surface area contributed by atoms with Gasteiger partial charge in [-0.3, -0.25) is 19.8 Å². The van der Waals surface area contributed by atoms with Gasteiger partial charge in [0.25, 0.3) is 11.1 Å². The molecule has 14 heteroatoms. The van der Waals surface area contributed by atoms with Gasteiger partial charge in [-0.15, -0.1) is 11.3 Å². The molecule has 6 aromatic heterocycles. The number of hydrogen-bond donors (Lipinski definition) is 5. The molecule has 0 bridgehead atoms. The first kappa shape index (κ1) is 31.8. The van der Waals surface area contributed by atoms with Crippen LogP contribution in [0.3, 0.4) is 0 Å². The zero-order valence-electron chi connectivity index (χ0n) is 23.5. The lowest BCUT2D eigenvalue weighted by molar-refractivity contribution is 0.427. The van der Waals surface area contributed by atoms with Crippen LogP contribution in [0.25, 0.3) is 22.5 Å². The topological polar surface area (TPSA) is 158 Å². The van der Waals surface area contributed by atoms with Crippen molar-refractivity contribution in [2.75, 3.05) is 12.8 Å². The molecule has 6 rings (SSSR count). The summed E-state index contributed by atoms with van der Waals surface area (Å²) < 4.78 is 6.45. The first-order valence-electron chi connectivity index (χ1n) is 12.9. The molecule has 0 saturated carbocycles. The number of rotatable bonds is 6. The molecular formula is C29H29Cl2N7O3S2. The Hall–Kier alpha value is -4.10. The summed E-state index contributed by atoms with van der Waals surface area (Å²) in [6, 6.07) is 15.0. The first-order chi connectivity index (χ1) is 20.6. The Morgan fingerprint density at radius 2 is 1.47 bits per heavy atom. The highest BCUT2D eigenvalue weighted by Crippen LogP contribution is 2.27. The summed E-state index contributed by atoms with van der Waals surface area (Å²) in [7, 11) is 1.63. The Kier molecular flexibility index (Phi) is 11.0. The number of nitrogens with one attached hydrogen (secondary N) is 4. The highest BCUT2D eigenvalue weighted by Gasteiger charge is 2.07. The minimum Gasteiger partial charge on any atom is -0.487 e. The number of aromatic nitrogens is 6. The van der Waals surface area contributed by atoms with E-state index in [2.05, 4.69) is 36.4 Å². The van der Waals surface area contributed by atoms with Crippen molar-refractivity contribution in [3.63, 3.8) is 0 Å². The van der Waals surface area contributed by atoms with Crippen molar-refractivity contribution >= 4 is 51.7 Å². The van der Waals surface area contributed by atoms with Crippen LogP contribution >= 0.6 is 45.9 Å². The molecule has 0 aromatic carbocycles. The molecule has 224 valence electrons. The fourth-order valence-electron chi connectivity index (χ4n) is 3.77. The van der Waals surface area contributed by atoms with Gasteiger partial charge in [0.1, 0.15) is 5.82 Å². The van der Waals surface area contributed by atoms with Gasteiger partial charge in [-0.25, -0.2) is 0 Å². The molecular weight excluding hydrogens is 629 g/mol. The van der Waals surface area contributed by atoms with Gasteiger partial charge in [-0.05, 0) is 69.2 Å². The number of H-pyrrole nitrogens is 4. The van der Waals surface area contributed by atoms with Gasteiger partial charge in [0.15, 0.2) is 5.06 Å². The van der Waals surface area contributed by atoms with Gasteiger partial charge >= 0.3 is 0 Å². The lowest BCUT2D eigenvalue weighted by Crippen LogP contribution is -2.07. The zero-order chi connectivity index (χ0) is 30.9. The second kappa shape index (κ2) is 14.9. The van der Waals surface area contributed by atoms with Crippen LogP contribution in [0.5, 0.6) is 5.06 Å². The van der Waals surface area contributed by atoms with Gasteiger partial charge in [0.2, 0.25) is 0 Å². The Bertz CT molecular complexity index is 1900. The van der Waals surface area contributed by atoms with Crippen molar-refractivity contribution < 1.29 is 4.74 Å². The van der Waals surface area contributed by atoms with Crippen molar-refractivity contribution in [3.05, 3.63) is 112 Å². The maximum atomic E-state index is 11.4. The summed E-state index contributed by atoms with van der Waals surface area (Å²) >= 11 is 14.5. The number of anilines is 1. The molecule has 0 fully saturated rings. The Morgan fingerprint density at radius 3 is 2.00 bits per heavy atom. The van der Waals surface area contributed by atoms with Gasteiger partial charge in [0.05, 0.1) is 27.2 Å². The fraction of sp³-hybridized carbons (Fsp3) is 0.172. The molecule has 10 nitrogen and oxygen atoms in total. The van der Waals surface area contributed by atoms with E-state index in [1.54, 1.807) is 56.8 Å². The number of thiophene rings is 2. The molecule has 43 heavy (non-hydrogen) atoms.